The molecule has 0 aliphatic heterocycles. The van der Waals surface area contributed by atoms with E-state index in [1.807, 2.05) is 76.2 Å². The van der Waals surface area contributed by atoms with Gasteiger partial charge < -0.3 is 9.84 Å². The second kappa shape index (κ2) is 6.51. The number of carbonyl (C=O) groups excluding carboxylic acids is 1. The van der Waals surface area contributed by atoms with Crippen LogP contribution < -0.4 is 5.32 Å². The van der Waals surface area contributed by atoms with Crippen LogP contribution in [0.15, 0.2) is 53.1 Å². The van der Waals surface area contributed by atoms with Crippen molar-refractivity contribution < 1.29 is 9.32 Å². The van der Waals surface area contributed by atoms with E-state index in [0.717, 1.165) is 11.1 Å². The van der Waals surface area contributed by atoms with Crippen LogP contribution in [0.5, 0.6) is 0 Å². The molecule has 128 valence electrons. The fraction of sp³-hybridized carbons (Fsp3) is 0.250. The van der Waals surface area contributed by atoms with Crippen molar-refractivity contribution >= 4 is 11.6 Å². The van der Waals surface area contributed by atoms with Gasteiger partial charge in [0, 0.05) is 22.2 Å². The Morgan fingerprint density at radius 3 is 2.44 bits per heavy atom. The molecule has 3 rings (SSSR count). The van der Waals surface area contributed by atoms with Crippen molar-refractivity contribution in [2.75, 3.05) is 5.32 Å². The standard InChI is InChI=1S/C20H21N3O2/c1-13-8-10-14(11-9-13)17-22-18(25-23-17)15-6-5-7-16(12-15)21-19(24)20(2,3)4/h5-12H,1-4H3,(H,21,24). The maximum atomic E-state index is 12.1. The molecule has 5 nitrogen and oxygen atoms in total. The molecule has 0 atom stereocenters. The molecule has 2 aromatic carbocycles. The van der Waals surface area contributed by atoms with Crippen LogP contribution >= 0.6 is 0 Å². The number of nitrogens with zero attached hydrogens (tertiary/aromatic N) is 2. The van der Waals surface area contributed by atoms with E-state index < -0.39 is 5.41 Å². The van der Waals surface area contributed by atoms with Crippen molar-refractivity contribution in [3.63, 3.8) is 0 Å². The van der Waals surface area contributed by atoms with Crippen molar-refractivity contribution in [3.05, 3.63) is 54.1 Å². The van der Waals surface area contributed by atoms with E-state index in [4.69, 9.17) is 4.52 Å². The van der Waals surface area contributed by atoms with Crippen LogP contribution in [-0.4, -0.2) is 16.0 Å². The van der Waals surface area contributed by atoms with Gasteiger partial charge in [-0.05, 0) is 25.1 Å². The third kappa shape index (κ3) is 3.94. The average molecular weight is 335 g/mol. The van der Waals surface area contributed by atoms with Crippen molar-refractivity contribution in [1.82, 2.24) is 10.1 Å². The fourth-order valence-corrected chi connectivity index (χ4v) is 2.21. The zero-order chi connectivity index (χ0) is 18.0. The summed E-state index contributed by atoms with van der Waals surface area (Å²) in [5, 5.41) is 6.96. The summed E-state index contributed by atoms with van der Waals surface area (Å²) < 4.78 is 5.39. The number of anilines is 1. The van der Waals surface area contributed by atoms with Crippen LogP contribution in [0.25, 0.3) is 22.8 Å². The minimum atomic E-state index is -0.459. The van der Waals surface area contributed by atoms with Crippen molar-refractivity contribution in [2.45, 2.75) is 27.7 Å². The van der Waals surface area contributed by atoms with E-state index in [2.05, 4.69) is 15.5 Å². The van der Waals surface area contributed by atoms with Crippen LogP contribution in [0.2, 0.25) is 0 Å². The predicted octanol–water partition coefficient (Wildman–Crippen LogP) is 4.70. The van der Waals surface area contributed by atoms with Crippen LogP contribution in [0.4, 0.5) is 5.69 Å². The van der Waals surface area contributed by atoms with Gasteiger partial charge in [-0.25, -0.2) is 0 Å². The maximum Gasteiger partial charge on any atom is 0.258 e. The number of rotatable bonds is 3. The number of benzene rings is 2. The van der Waals surface area contributed by atoms with Crippen LogP contribution in [0.1, 0.15) is 26.3 Å². The van der Waals surface area contributed by atoms with Gasteiger partial charge in [0.2, 0.25) is 11.7 Å². The van der Waals surface area contributed by atoms with Crippen molar-refractivity contribution in [3.8, 4) is 22.8 Å². The lowest BCUT2D eigenvalue weighted by Gasteiger charge is -2.17. The monoisotopic (exact) mass is 335 g/mol. The number of nitrogens with one attached hydrogen (secondary N) is 1. The SMILES string of the molecule is Cc1ccc(-c2noc(-c3cccc(NC(=O)C(C)(C)C)c3)n2)cc1. The van der Waals surface area contributed by atoms with Gasteiger partial charge in [0.1, 0.15) is 0 Å². The summed E-state index contributed by atoms with van der Waals surface area (Å²) in [6, 6.07) is 15.3. The summed E-state index contributed by atoms with van der Waals surface area (Å²) in [4.78, 5) is 16.6. The Morgan fingerprint density at radius 2 is 1.76 bits per heavy atom. The summed E-state index contributed by atoms with van der Waals surface area (Å²) in [6.45, 7) is 7.65. The molecule has 0 saturated carbocycles. The summed E-state index contributed by atoms with van der Waals surface area (Å²) in [5.74, 6) is 0.914. The highest BCUT2D eigenvalue weighted by atomic mass is 16.5. The molecule has 0 bridgehead atoms. The van der Waals surface area contributed by atoms with E-state index in [9.17, 15) is 4.79 Å². The van der Waals surface area contributed by atoms with E-state index in [1.165, 1.54) is 5.56 Å². The molecule has 1 N–H and O–H groups in total. The smallest absolute Gasteiger partial charge is 0.258 e. The first-order chi connectivity index (χ1) is 11.8. The zero-order valence-electron chi connectivity index (χ0n) is 14.8. The molecule has 1 heterocycles. The number of carbonyl (C=O) groups is 1. The maximum absolute atomic E-state index is 12.1. The predicted molar refractivity (Wildman–Crippen MR) is 98.0 cm³/mol. The first-order valence-electron chi connectivity index (χ1n) is 8.15. The Bertz CT molecular complexity index is 890. The van der Waals surface area contributed by atoms with Gasteiger partial charge in [-0.1, -0.05) is 61.8 Å². The second-order valence-electron chi connectivity index (χ2n) is 7.07. The summed E-state index contributed by atoms with van der Waals surface area (Å²) in [5.41, 5.74) is 3.08. The van der Waals surface area contributed by atoms with E-state index >= 15 is 0 Å². The quantitative estimate of drug-likeness (QED) is 0.753. The molecular formula is C20H21N3O2. The first kappa shape index (κ1) is 16.9. The number of aryl methyl sites for hydroxylation is 1. The van der Waals surface area contributed by atoms with Gasteiger partial charge in [-0.3, -0.25) is 4.79 Å². The van der Waals surface area contributed by atoms with Gasteiger partial charge in [-0.15, -0.1) is 0 Å². The molecule has 0 spiro atoms. The van der Waals surface area contributed by atoms with Gasteiger partial charge in [0.05, 0.1) is 0 Å². The third-order valence-electron chi connectivity index (χ3n) is 3.78. The highest BCUT2D eigenvalue weighted by molar-refractivity contribution is 5.94. The normalized spacial score (nSPS) is 11.4. The molecule has 0 aliphatic carbocycles. The molecule has 3 aromatic rings. The van der Waals surface area contributed by atoms with Crippen LogP contribution in [0, 0.1) is 12.3 Å². The number of hydrogen-bond acceptors (Lipinski definition) is 4. The topological polar surface area (TPSA) is 68.0 Å². The lowest BCUT2D eigenvalue weighted by molar-refractivity contribution is -0.123. The Labute approximate surface area is 147 Å². The molecule has 0 saturated heterocycles. The lowest BCUT2D eigenvalue weighted by atomic mass is 9.95. The Morgan fingerprint density at radius 1 is 1.04 bits per heavy atom. The Hall–Kier alpha value is -2.95. The highest BCUT2D eigenvalue weighted by Crippen LogP contribution is 2.25. The molecule has 0 radical (unpaired) electrons. The van der Waals surface area contributed by atoms with Crippen LogP contribution in [0.3, 0.4) is 0 Å². The molecular weight excluding hydrogens is 314 g/mol. The summed E-state index contributed by atoms with van der Waals surface area (Å²) in [7, 11) is 0. The van der Waals surface area contributed by atoms with Crippen LogP contribution in [-0.2, 0) is 4.79 Å². The lowest BCUT2D eigenvalue weighted by Crippen LogP contribution is -2.27. The average Bonchev–Trinajstić information content (AvgIpc) is 3.05. The first-order valence-corrected chi connectivity index (χ1v) is 8.15. The molecule has 1 aromatic heterocycles. The Balaban J connectivity index is 1.84. The zero-order valence-corrected chi connectivity index (χ0v) is 14.8. The van der Waals surface area contributed by atoms with E-state index in [-0.39, 0.29) is 5.91 Å². The number of aromatic nitrogens is 2. The molecule has 25 heavy (non-hydrogen) atoms. The van der Waals surface area contributed by atoms with Gasteiger partial charge in [0.15, 0.2) is 0 Å². The molecule has 0 aliphatic rings. The largest absolute Gasteiger partial charge is 0.334 e. The highest BCUT2D eigenvalue weighted by Gasteiger charge is 2.21. The minimum absolute atomic E-state index is 0.0458. The molecule has 0 unspecified atom stereocenters. The van der Waals surface area contributed by atoms with Gasteiger partial charge >= 0.3 is 0 Å². The van der Waals surface area contributed by atoms with Gasteiger partial charge in [0.25, 0.3) is 5.89 Å². The van der Waals surface area contributed by atoms with Crippen molar-refractivity contribution in [2.24, 2.45) is 5.41 Å². The molecule has 0 fully saturated rings. The third-order valence-corrected chi connectivity index (χ3v) is 3.78. The fourth-order valence-electron chi connectivity index (χ4n) is 2.21. The minimum Gasteiger partial charge on any atom is -0.334 e. The number of amides is 1. The van der Waals surface area contributed by atoms with E-state index in [1.54, 1.807) is 0 Å². The summed E-state index contributed by atoms with van der Waals surface area (Å²) in [6.07, 6.45) is 0. The Kier molecular flexibility index (Phi) is 4.40. The van der Waals surface area contributed by atoms with Crippen molar-refractivity contribution in [1.29, 1.82) is 0 Å². The van der Waals surface area contributed by atoms with Gasteiger partial charge in [-0.2, -0.15) is 4.98 Å². The van der Waals surface area contributed by atoms with E-state index in [0.29, 0.717) is 17.4 Å². The second-order valence-corrected chi connectivity index (χ2v) is 7.07. The molecule has 5 heteroatoms. The number of hydrogen-bond donors (Lipinski definition) is 1. The summed E-state index contributed by atoms with van der Waals surface area (Å²) >= 11 is 0. The molecule has 1 amide bonds.